The minimum Gasteiger partial charge on any atom is -0.322 e. The molecule has 0 unspecified atom stereocenters. The number of hydrogen-bond donors (Lipinski definition) is 1. The third-order valence-electron chi connectivity index (χ3n) is 2.99. The normalized spacial score (nSPS) is 9.85. The summed E-state index contributed by atoms with van der Waals surface area (Å²) in [5.41, 5.74) is 3.60. The molecule has 0 atom stereocenters. The van der Waals surface area contributed by atoms with Gasteiger partial charge in [-0.05, 0) is 42.3 Å². The van der Waals surface area contributed by atoms with E-state index in [1.54, 1.807) is 24.3 Å². The van der Waals surface area contributed by atoms with Gasteiger partial charge in [-0.2, -0.15) is 5.26 Å². The number of nitrogens with one attached hydrogen (secondary N) is 1. The highest BCUT2D eigenvalue weighted by Gasteiger charge is 2.08. The fraction of sp³-hybridized carbons (Fsp3) is 0.125. The van der Waals surface area contributed by atoms with E-state index in [-0.39, 0.29) is 5.91 Å². The Morgan fingerprint density at radius 2 is 1.95 bits per heavy atom. The zero-order valence-corrected chi connectivity index (χ0v) is 11.7. The molecule has 0 fully saturated rings. The standard InChI is InChI=1S/C16H13ClN2O/c1-11-2-3-13(10-18)8-15(11)19-16(20)14-6-4-12(9-17)5-7-14/h2-8H,9H2,1H3,(H,19,20). The average molecular weight is 285 g/mol. The van der Waals surface area contributed by atoms with Crippen molar-refractivity contribution < 1.29 is 4.79 Å². The van der Waals surface area contributed by atoms with Crippen molar-refractivity contribution in [1.82, 2.24) is 0 Å². The van der Waals surface area contributed by atoms with Crippen LogP contribution in [0.1, 0.15) is 27.0 Å². The van der Waals surface area contributed by atoms with Crippen molar-refractivity contribution in [3.05, 3.63) is 64.7 Å². The minimum atomic E-state index is -0.204. The molecule has 3 nitrogen and oxygen atoms in total. The first-order valence-corrected chi connectivity index (χ1v) is 6.64. The van der Waals surface area contributed by atoms with Gasteiger partial charge in [0.25, 0.3) is 5.91 Å². The molecule has 0 saturated heterocycles. The van der Waals surface area contributed by atoms with E-state index in [9.17, 15) is 4.79 Å². The van der Waals surface area contributed by atoms with Crippen LogP contribution in [0.15, 0.2) is 42.5 Å². The second kappa shape index (κ2) is 6.23. The minimum absolute atomic E-state index is 0.204. The van der Waals surface area contributed by atoms with Gasteiger partial charge in [-0.3, -0.25) is 4.79 Å². The number of halogens is 1. The number of rotatable bonds is 3. The van der Waals surface area contributed by atoms with Crippen molar-refractivity contribution in [3.8, 4) is 6.07 Å². The van der Waals surface area contributed by atoms with Crippen LogP contribution in [0.3, 0.4) is 0 Å². The number of alkyl halides is 1. The lowest BCUT2D eigenvalue weighted by Crippen LogP contribution is -2.12. The molecule has 0 aliphatic carbocycles. The molecule has 2 aromatic carbocycles. The Hall–Kier alpha value is -2.31. The zero-order valence-electron chi connectivity index (χ0n) is 11.0. The van der Waals surface area contributed by atoms with Gasteiger partial charge in [0.1, 0.15) is 0 Å². The number of nitriles is 1. The molecule has 1 amide bonds. The lowest BCUT2D eigenvalue weighted by Gasteiger charge is -2.09. The lowest BCUT2D eigenvalue weighted by atomic mass is 10.1. The molecule has 0 heterocycles. The highest BCUT2D eigenvalue weighted by molar-refractivity contribution is 6.17. The van der Waals surface area contributed by atoms with Crippen LogP contribution in [0.5, 0.6) is 0 Å². The Morgan fingerprint density at radius 1 is 1.25 bits per heavy atom. The Balaban J connectivity index is 2.20. The van der Waals surface area contributed by atoms with Crippen LogP contribution in [0, 0.1) is 18.3 Å². The number of nitrogens with zero attached hydrogens (tertiary/aromatic N) is 1. The Kier molecular flexibility index (Phi) is 4.39. The fourth-order valence-electron chi connectivity index (χ4n) is 1.77. The van der Waals surface area contributed by atoms with Gasteiger partial charge in [-0.15, -0.1) is 11.6 Å². The second-order valence-electron chi connectivity index (χ2n) is 4.43. The third kappa shape index (κ3) is 3.17. The Morgan fingerprint density at radius 3 is 2.55 bits per heavy atom. The molecule has 2 aromatic rings. The van der Waals surface area contributed by atoms with Crippen molar-refractivity contribution >= 4 is 23.2 Å². The number of amides is 1. The SMILES string of the molecule is Cc1ccc(C#N)cc1NC(=O)c1ccc(CCl)cc1. The quantitative estimate of drug-likeness (QED) is 0.870. The molecular formula is C16H13ClN2O. The summed E-state index contributed by atoms with van der Waals surface area (Å²) < 4.78 is 0. The molecule has 0 radical (unpaired) electrons. The summed E-state index contributed by atoms with van der Waals surface area (Å²) in [4.78, 5) is 12.1. The summed E-state index contributed by atoms with van der Waals surface area (Å²) in [5.74, 6) is 0.218. The lowest BCUT2D eigenvalue weighted by molar-refractivity contribution is 0.102. The highest BCUT2D eigenvalue weighted by atomic mass is 35.5. The van der Waals surface area contributed by atoms with Gasteiger partial charge in [0, 0.05) is 17.1 Å². The van der Waals surface area contributed by atoms with Crippen LogP contribution in [-0.2, 0) is 5.88 Å². The molecule has 2 rings (SSSR count). The summed E-state index contributed by atoms with van der Waals surface area (Å²) >= 11 is 5.71. The Bertz CT molecular complexity index is 672. The van der Waals surface area contributed by atoms with Gasteiger partial charge in [0.2, 0.25) is 0 Å². The second-order valence-corrected chi connectivity index (χ2v) is 4.69. The first-order valence-electron chi connectivity index (χ1n) is 6.11. The van der Waals surface area contributed by atoms with E-state index in [0.29, 0.717) is 22.7 Å². The van der Waals surface area contributed by atoms with Crippen molar-refractivity contribution in [3.63, 3.8) is 0 Å². The van der Waals surface area contributed by atoms with Crippen LogP contribution in [-0.4, -0.2) is 5.91 Å². The largest absolute Gasteiger partial charge is 0.322 e. The highest BCUT2D eigenvalue weighted by Crippen LogP contribution is 2.18. The number of carbonyl (C=O) groups is 1. The van der Waals surface area contributed by atoms with E-state index in [1.165, 1.54) is 0 Å². The van der Waals surface area contributed by atoms with E-state index in [2.05, 4.69) is 11.4 Å². The van der Waals surface area contributed by atoms with Crippen LogP contribution in [0.2, 0.25) is 0 Å². The topological polar surface area (TPSA) is 52.9 Å². The average Bonchev–Trinajstić information content (AvgIpc) is 2.49. The summed E-state index contributed by atoms with van der Waals surface area (Å²) in [6, 6.07) is 14.4. The number of benzene rings is 2. The van der Waals surface area contributed by atoms with Crippen molar-refractivity contribution in [1.29, 1.82) is 5.26 Å². The molecule has 0 bridgehead atoms. The number of aryl methyl sites for hydroxylation is 1. The third-order valence-corrected chi connectivity index (χ3v) is 3.29. The molecular weight excluding hydrogens is 272 g/mol. The monoisotopic (exact) mass is 284 g/mol. The molecule has 4 heteroatoms. The summed E-state index contributed by atoms with van der Waals surface area (Å²) in [6.45, 7) is 1.88. The smallest absolute Gasteiger partial charge is 0.255 e. The molecule has 0 saturated carbocycles. The van der Waals surface area contributed by atoms with Crippen LogP contribution in [0.4, 0.5) is 5.69 Å². The molecule has 1 N–H and O–H groups in total. The number of carbonyl (C=O) groups excluding carboxylic acids is 1. The maximum atomic E-state index is 12.1. The molecule has 0 spiro atoms. The first kappa shape index (κ1) is 14.1. The van der Waals surface area contributed by atoms with Crippen LogP contribution < -0.4 is 5.32 Å². The van der Waals surface area contributed by atoms with Gasteiger partial charge >= 0.3 is 0 Å². The summed E-state index contributed by atoms with van der Waals surface area (Å²) in [7, 11) is 0. The summed E-state index contributed by atoms with van der Waals surface area (Å²) in [5, 5.41) is 11.7. The molecule has 0 aromatic heterocycles. The Labute approximate surface area is 122 Å². The van der Waals surface area contributed by atoms with Gasteiger partial charge in [-0.25, -0.2) is 0 Å². The van der Waals surface area contributed by atoms with Gasteiger partial charge in [-0.1, -0.05) is 18.2 Å². The summed E-state index contributed by atoms with van der Waals surface area (Å²) in [6.07, 6.45) is 0. The zero-order chi connectivity index (χ0) is 14.5. The molecule has 20 heavy (non-hydrogen) atoms. The number of hydrogen-bond acceptors (Lipinski definition) is 2. The fourth-order valence-corrected chi connectivity index (χ4v) is 1.94. The van der Waals surface area contributed by atoms with E-state index >= 15 is 0 Å². The van der Waals surface area contributed by atoms with E-state index in [0.717, 1.165) is 11.1 Å². The van der Waals surface area contributed by atoms with Crippen molar-refractivity contribution in [2.45, 2.75) is 12.8 Å². The molecule has 0 aliphatic heterocycles. The molecule has 0 aliphatic rings. The van der Waals surface area contributed by atoms with Crippen molar-refractivity contribution in [2.75, 3.05) is 5.32 Å². The van der Waals surface area contributed by atoms with Gasteiger partial charge in [0.05, 0.1) is 11.6 Å². The number of anilines is 1. The van der Waals surface area contributed by atoms with Gasteiger partial charge in [0.15, 0.2) is 0 Å². The van der Waals surface area contributed by atoms with E-state index in [4.69, 9.17) is 16.9 Å². The van der Waals surface area contributed by atoms with E-state index < -0.39 is 0 Å². The van der Waals surface area contributed by atoms with E-state index in [1.807, 2.05) is 25.1 Å². The van der Waals surface area contributed by atoms with Gasteiger partial charge < -0.3 is 5.32 Å². The van der Waals surface area contributed by atoms with Crippen LogP contribution >= 0.6 is 11.6 Å². The van der Waals surface area contributed by atoms with Crippen LogP contribution in [0.25, 0.3) is 0 Å². The maximum Gasteiger partial charge on any atom is 0.255 e. The predicted molar refractivity (Wildman–Crippen MR) is 79.8 cm³/mol. The first-order chi connectivity index (χ1) is 9.63. The van der Waals surface area contributed by atoms with Crippen molar-refractivity contribution in [2.24, 2.45) is 0 Å². The molecule has 100 valence electrons. The maximum absolute atomic E-state index is 12.1. The predicted octanol–water partition coefficient (Wildman–Crippen LogP) is 3.86.